The van der Waals surface area contributed by atoms with Gasteiger partial charge in [0.05, 0.1) is 11.8 Å². The van der Waals surface area contributed by atoms with Gasteiger partial charge in [-0.2, -0.15) is 0 Å². The fourth-order valence-electron chi connectivity index (χ4n) is 2.05. The number of carbonyl (C=O) groups is 1. The van der Waals surface area contributed by atoms with Crippen LogP contribution in [-0.2, 0) is 11.2 Å². The predicted octanol–water partition coefficient (Wildman–Crippen LogP) is 2.41. The highest BCUT2D eigenvalue weighted by Crippen LogP contribution is 2.24. The third-order valence-corrected chi connectivity index (χ3v) is 3.27. The normalized spacial score (nSPS) is 10.7. The second kappa shape index (κ2) is 8.38. The predicted molar refractivity (Wildman–Crippen MR) is 81.5 cm³/mol. The fourth-order valence-corrected chi connectivity index (χ4v) is 2.05. The van der Waals surface area contributed by atoms with E-state index in [1.165, 1.54) is 12.3 Å². The number of nitrogens with two attached hydrogens (primary N) is 1. The number of rotatable bonds is 8. The molecular formula is C16H19F2N3O2. The van der Waals surface area contributed by atoms with Crippen molar-refractivity contribution in [2.45, 2.75) is 25.7 Å². The van der Waals surface area contributed by atoms with Crippen LogP contribution in [0.2, 0.25) is 0 Å². The number of unbranched alkanes of at least 4 members (excludes halogenated alkanes) is 1. The molecule has 0 aliphatic heterocycles. The number of benzene rings is 1. The largest absolute Gasteiger partial charge is 0.441 e. The van der Waals surface area contributed by atoms with Gasteiger partial charge in [0.15, 0.2) is 11.7 Å². The third kappa shape index (κ3) is 5.14. The molecule has 1 heterocycles. The smallest absolute Gasteiger partial charge is 0.220 e. The first kappa shape index (κ1) is 17.1. The summed E-state index contributed by atoms with van der Waals surface area (Å²) in [6.07, 6.45) is 3.62. The molecule has 23 heavy (non-hydrogen) atoms. The van der Waals surface area contributed by atoms with Gasteiger partial charge in [-0.3, -0.25) is 4.79 Å². The summed E-state index contributed by atoms with van der Waals surface area (Å²) < 4.78 is 32.0. The van der Waals surface area contributed by atoms with Crippen molar-refractivity contribution in [3.05, 3.63) is 41.9 Å². The average Bonchev–Trinajstić information content (AvgIpc) is 2.98. The molecule has 7 heteroatoms. The molecule has 0 saturated carbocycles. The van der Waals surface area contributed by atoms with Crippen molar-refractivity contribution >= 4 is 5.91 Å². The Labute approximate surface area is 132 Å². The second-order valence-corrected chi connectivity index (χ2v) is 5.09. The van der Waals surface area contributed by atoms with Crippen molar-refractivity contribution in [3.8, 4) is 11.3 Å². The molecular weight excluding hydrogens is 304 g/mol. The van der Waals surface area contributed by atoms with Gasteiger partial charge in [-0.25, -0.2) is 13.8 Å². The van der Waals surface area contributed by atoms with Crippen LogP contribution in [-0.4, -0.2) is 24.0 Å². The molecule has 3 N–H and O–H groups in total. The summed E-state index contributed by atoms with van der Waals surface area (Å²) in [6, 6.07) is 3.22. The van der Waals surface area contributed by atoms with Crippen LogP contribution in [0.3, 0.4) is 0 Å². The molecule has 0 atom stereocenters. The highest BCUT2D eigenvalue weighted by atomic mass is 19.1. The summed E-state index contributed by atoms with van der Waals surface area (Å²) in [7, 11) is 0. The number of hydrogen-bond acceptors (Lipinski definition) is 4. The molecule has 2 aromatic rings. The van der Waals surface area contributed by atoms with Gasteiger partial charge in [0.1, 0.15) is 11.6 Å². The number of halogens is 2. The van der Waals surface area contributed by atoms with Gasteiger partial charge >= 0.3 is 0 Å². The number of amides is 1. The van der Waals surface area contributed by atoms with Crippen LogP contribution < -0.4 is 11.1 Å². The van der Waals surface area contributed by atoms with Gasteiger partial charge in [-0.05, 0) is 31.5 Å². The molecule has 1 amide bonds. The summed E-state index contributed by atoms with van der Waals surface area (Å²) in [6.45, 7) is 1.20. The van der Waals surface area contributed by atoms with Crippen molar-refractivity contribution in [1.82, 2.24) is 10.3 Å². The Morgan fingerprint density at radius 2 is 2.13 bits per heavy atom. The Hall–Kier alpha value is -2.28. The zero-order valence-electron chi connectivity index (χ0n) is 12.6. The Bertz CT molecular complexity index is 659. The van der Waals surface area contributed by atoms with Crippen molar-refractivity contribution in [2.75, 3.05) is 13.1 Å². The molecule has 0 fully saturated rings. The van der Waals surface area contributed by atoms with E-state index < -0.39 is 11.6 Å². The lowest BCUT2D eigenvalue weighted by Gasteiger charge is -2.03. The molecule has 0 aliphatic carbocycles. The summed E-state index contributed by atoms with van der Waals surface area (Å²) in [5.74, 6) is -0.931. The lowest BCUT2D eigenvalue weighted by Crippen LogP contribution is -2.25. The molecule has 1 aromatic carbocycles. The van der Waals surface area contributed by atoms with Gasteiger partial charge in [0.25, 0.3) is 0 Å². The van der Waals surface area contributed by atoms with Gasteiger partial charge in [-0.1, -0.05) is 0 Å². The number of aromatic nitrogens is 1. The zero-order chi connectivity index (χ0) is 16.7. The van der Waals surface area contributed by atoms with E-state index in [0.717, 1.165) is 25.0 Å². The summed E-state index contributed by atoms with van der Waals surface area (Å²) >= 11 is 0. The molecule has 0 saturated heterocycles. The van der Waals surface area contributed by atoms with Crippen LogP contribution in [0.25, 0.3) is 11.3 Å². The number of nitrogens with zero attached hydrogens (tertiary/aromatic N) is 1. The lowest BCUT2D eigenvalue weighted by molar-refractivity contribution is -0.121. The van der Waals surface area contributed by atoms with E-state index in [1.54, 1.807) is 0 Å². The fraction of sp³-hybridized carbons (Fsp3) is 0.375. The van der Waals surface area contributed by atoms with E-state index in [4.69, 9.17) is 10.2 Å². The van der Waals surface area contributed by atoms with Crippen LogP contribution in [0, 0.1) is 11.6 Å². The maximum atomic E-state index is 13.7. The molecule has 0 spiro atoms. The van der Waals surface area contributed by atoms with Crippen LogP contribution in [0.1, 0.15) is 25.2 Å². The topological polar surface area (TPSA) is 81.1 Å². The zero-order valence-corrected chi connectivity index (χ0v) is 12.6. The van der Waals surface area contributed by atoms with E-state index in [1.807, 2.05) is 0 Å². The molecule has 0 bridgehead atoms. The number of hydrogen-bond donors (Lipinski definition) is 2. The number of nitrogens with one attached hydrogen (secondary N) is 1. The van der Waals surface area contributed by atoms with Crippen molar-refractivity contribution in [3.63, 3.8) is 0 Å². The van der Waals surface area contributed by atoms with Crippen molar-refractivity contribution < 1.29 is 18.0 Å². The Morgan fingerprint density at radius 3 is 2.87 bits per heavy atom. The molecule has 0 radical (unpaired) electrons. The Balaban J connectivity index is 1.86. The first-order valence-corrected chi connectivity index (χ1v) is 7.47. The maximum Gasteiger partial charge on any atom is 0.220 e. The molecule has 0 aliphatic rings. The SMILES string of the molecule is NCCCCNC(=O)CCc1ncc(-c2ccc(F)cc2F)o1. The Morgan fingerprint density at radius 1 is 1.30 bits per heavy atom. The van der Waals surface area contributed by atoms with E-state index in [2.05, 4.69) is 10.3 Å². The number of carbonyl (C=O) groups excluding carboxylic acids is 1. The highest BCUT2D eigenvalue weighted by Gasteiger charge is 2.12. The molecule has 2 rings (SSSR count). The third-order valence-electron chi connectivity index (χ3n) is 3.27. The minimum Gasteiger partial charge on any atom is -0.441 e. The summed E-state index contributed by atoms with van der Waals surface area (Å²) in [5.41, 5.74) is 5.50. The van der Waals surface area contributed by atoms with Crippen molar-refractivity contribution in [2.24, 2.45) is 5.73 Å². The van der Waals surface area contributed by atoms with Crippen LogP contribution in [0.4, 0.5) is 8.78 Å². The lowest BCUT2D eigenvalue weighted by atomic mass is 10.2. The van der Waals surface area contributed by atoms with Gasteiger partial charge in [-0.15, -0.1) is 0 Å². The monoisotopic (exact) mass is 323 g/mol. The van der Waals surface area contributed by atoms with Crippen LogP contribution >= 0.6 is 0 Å². The first-order chi connectivity index (χ1) is 11.1. The quantitative estimate of drug-likeness (QED) is 0.731. The number of aryl methyl sites for hydroxylation is 1. The highest BCUT2D eigenvalue weighted by molar-refractivity contribution is 5.76. The molecule has 5 nitrogen and oxygen atoms in total. The van der Waals surface area contributed by atoms with Crippen LogP contribution in [0.15, 0.2) is 28.8 Å². The standard InChI is InChI=1S/C16H19F2N3O2/c17-11-3-4-12(13(18)9-11)14-10-21-16(23-14)6-5-15(22)20-8-2-1-7-19/h3-4,9-10H,1-2,5-8,19H2,(H,20,22). The van der Waals surface area contributed by atoms with Gasteiger partial charge in [0.2, 0.25) is 5.91 Å². The van der Waals surface area contributed by atoms with Gasteiger partial charge < -0.3 is 15.5 Å². The van der Waals surface area contributed by atoms with Crippen molar-refractivity contribution in [1.29, 1.82) is 0 Å². The first-order valence-electron chi connectivity index (χ1n) is 7.47. The Kier molecular flexibility index (Phi) is 6.22. The van der Waals surface area contributed by atoms with E-state index >= 15 is 0 Å². The molecule has 124 valence electrons. The molecule has 1 aromatic heterocycles. The second-order valence-electron chi connectivity index (χ2n) is 5.09. The minimum absolute atomic E-state index is 0.102. The average molecular weight is 323 g/mol. The molecule has 0 unspecified atom stereocenters. The van der Waals surface area contributed by atoms with Gasteiger partial charge in [0, 0.05) is 25.5 Å². The minimum atomic E-state index is -0.717. The van der Waals surface area contributed by atoms with E-state index in [0.29, 0.717) is 25.4 Å². The summed E-state index contributed by atoms with van der Waals surface area (Å²) in [4.78, 5) is 15.6. The van der Waals surface area contributed by atoms with E-state index in [9.17, 15) is 13.6 Å². The van der Waals surface area contributed by atoms with E-state index in [-0.39, 0.29) is 23.7 Å². The maximum absolute atomic E-state index is 13.7. The van der Waals surface area contributed by atoms with Crippen LogP contribution in [0.5, 0.6) is 0 Å². The summed E-state index contributed by atoms with van der Waals surface area (Å²) in [5, 5.41) is 2.78. The number of oxazole rings is 1.